The highest BCUT2D eigenvalue weighted by molar-refractivity contribution is 7.59. The first-order chi connectivity index (χ1) is 10.2. The first-order valence-corrected chi connectivity index (χ1v) is 7.77. The summed E-state index contributed by atoms with van der Waals surface area (Å²) >= 11 is 0. The van der Waals surface area contributed by atoms with E-state index < -0.39 is 11.7 Å². The van der Waals surface area contributed by atoms with Crippen molar-refractivity contribution in [3.8, 4) is 0 Å². The van der Waals surface area contributed by atoms with Crippen molar-refractivity contribution >= 4 is 45.5 Å². The molecule has 1 amide bonds. The van der Waals surface area contributed by atoms with Gasteiger partial charge in [-0.15, -0.1) is 12.4 Å². The fourth-order valence-electron chi connectivity index (χ4n) is 1.19. The van der Waals surface area contributed by atoms with E-state index >= 15 is 0 Å². The number of nitrogens with two attached hydrogens (primary N) is 1. The highest BCUT2D eigenvalue weighted by Crippen LogP contribution is 2.06. The van der Waals surface area contributed by atoms with Gasteiger partial charge in [-0.1, -0.05) is 0 Å². The number of carbonyl (C=O) groups is 1. The first kappa shape index (κ1) is 36.1. The number of alkyl carbamates (subject to hydrolysis) is 1. The Morgan fingerprint density at radius 1 is 1.00 bits per heavy atom. The third-order valence-corrected chi connectivity index (χ3v) is 2.19. The monoisotopic (exact) mass is 425 g/mol. The molecule has 0 aromatic rings. The minimum absolute atomic E-state index is 0. The number of carbonyl (C=O) groups excluding carboxylic acids is 1. The van der Waals surface area contributed by atoms with Gasteiger partial charge in [0.25, 0.3) is 0 Å². The maximum atomic E-state index is 11.2. The van der Waals surface area contributed by atoms with Crippen LogP contribution >= 0.6 is 39.4 Å². The lowest BCUT2D eigenvalue weighted by Gasteiger charge is -2.21. The summed E-state index contributed by atoms with van der Waals surface area (Å²) < 4.78 is 15.3. The van der Waals surface area contributed by atoms with E-state index in [0.29, 0.717) is 19.8 Å². The number of rotatable bonds is 8. The van der Waals surface area contributed by atoms with Gasteiger partial charge >= 0.3 is 6.09 Å². The van der Waals surface area contributed by atoms with Gasteiger partial charge in [-0.05, 0) is 48.5 Å². The van der Waals surface area contributed by atoms with Crippen molar-refractivity contribution in [2.45, 2.75) is 66.2 Å². The second-order valence-corrected chi connectivity index (χ2v) is 5.93. The number of hydrazine groups is 1. The number of amides is 1. The summed E-state index contributed by atoms with van der Waals surface area (Å²) in [5, 5.41) is 2.69. The second kappa shape index (κ2) is 22.1. The van der Waals surface area contributed by atoms with Crippen molar-refractivity contribution in [3.05, 3.63) is 0 Å². The summed E-state index contributed by atoms with van der Waals surface area (Å²) in [7, 11) is 0. The Kier molecular flexibility index (Phi) is 32.0. The minimum atomic E-state index is -0.449. The van der Waals surface area contributed by atoms with Gasteiger partial charge in [0.05, 0.1) is 19.3 Å². The van der Waals surface area contributed by atoms with Gasteiger partial charge < -0.3 is 19.5 Å². The molecule has 0 aliphatic carbocycles. The molecule has 0 rings (SSSR count). The lowest BCUT2D eigenvalue weighted by atomic mass is 10.2. The van der Waals surface area contributed by atoms with Gasteiger partial charge in [-0.2, -0.15) is 27.0 Å². The number of hydrogen-bond acceptors (Lipinski definition) is 6. The van der Waals surface area contributed by atoms with E-state index in [1.807, 2.05) is 48.5 Å². The van der Waals surface area contributed by atoms with Crippen molar-refractivity contribution < 1.29 is 19.0 Å². The summed E-state index contributed by atoms with van der Waals surface area (Å²) in [4.78, 5) is 11.2. The molecule has 0 bridgehead atoms. The Morgan fingerprint density at radius 3 is 1.72 bits per heavy atom. The molecule has 158 valence electrons. The summed E-state index contributed by atoms with van der Waals surface area (Å²) in [6.45, 7) is 15.8. The zero-order chi connectivity index (χ0) is 17.6. The number of ether oxygens (including phenoxy) is 3. The van der Waals surface area contributed by atoms with E-state index in [0.717, 1.165) is 6.61 Å². The van der Waals surface area contributed by atoms with Gasteiger partial charge in [-0.25, -0.2) is 4.79 Å². The third-order valence-electron chi connectivity index (χ3n) is 2.19. The molecule has 25 heavy (non-hydrogen) atoms. The van der Waals surface area contributed by atoms with Crippen LogP contribution in [-0.2, 0) is 14.2 Å². The van der Waals surface area contributed by atoms with Crippen LogP contribution in [0.2, 0.25) is 0 Å². The molecule has 0 aliphatic rings. The van der Waals surface area contributed by atoms with Crippen LogP contribution < -0.4 is 16.6 Å². The first-order valence-electron chi connectivity index (χ1n) is 7.77. The van der Waals surface area contributed by atoms with Gasteiger partial charge in [0.2, 0.25) is 0 Å². The smallest absolute Gasteiger partial charge is 0.407 e. The molecule has 0 saturated carbocycles. The topological polar surface area (TPSA) is 94.8 Å². The fraction of sp³-hybridized carbons (Fsp3) is 0.933. The van der Waals surface area contributed by atoms with Crippen molar-refractivity contribution in [2.24, 2.45) is 5.84 Å². The van der Waals surface area contributed by atoms with Gasteiger partial charge in [-0.3, -0.25) is 11.3 Å². The van der Waals surface area contributed by atoms with Crippen LogP contribution in [0.15, 0.2) is 0 Å². The van der Waals surface area contributed by atoms with Crippen LogP contribution in [0.4, 0.5) is 4.79 Å². The van der Waals surface area contributed by atoms with Crippen molar-refractivity contribution in [1.82, 2.24) is 10.7 Å². The van der Waals surface area contributed by atoms with Crippen LogP contribution in [0.3, 0.4) is 0 Å². The summed E-state index contributed by atoms with van der Waals surface area (Å²) in [6.07, 6.45) is -0.398. The van der Waals surface area contributed by atoms with Crippen LogP contribution in [0.1, 0.15) is 48.5 Å². The van der Waals surface area contributed by atoms with E-state index in [9.17, 15) is 4.79 Å². The molecule has 7 nitrogen and oxygen atoms in total. The van der Waals surface area contributed by atoms with Gasteiger partial charge in [0.1, 0.15) is 5.60 Å². The summed E-state index contributed by atoms with van der Waals surface area (Å²) in [5.41, 5.74) is 2.13. The molecular weight excluding hydrogens is 386 g/mol. The zero-order valence-corrected chi connectivity index (χ0v) is 19.4. The Labute approximate surface area is 173 Å². The normalized spacial score (nSPS) is 12.0. The molecule has 2 atom stereocenters. The second-order valence-electron chi connectivity index (χ2n) is 5.93. The van der Waals surface area contributed by atoms with E-state index in [-0.39, 0.29) is 51.5 Å². The molecule has 0 aliphatic heterocycles. The minimum Gasteiger partial charge on any atom is -0.444 e. The van der Waals surface area contributed by atoms with Crippen molar-refractivity contribution in [2.75, 3.05) is 26.4 Å². The average molecular weight is 426 g/mol. The molecule has 0 radical (unpaired) electrons. The molecule has 4 N–H and O–H groups in total. The lowest BCUT2D eigenvalue weighted by Crippen LogP contribution is -2.39. The van der Waals surface area contributed by atoms with Crippen LogP contribution in [0, 0.1) is 0 Å². The average Bonchev–Trinajstić information content (AvgIpc) is 2.40. The maximum absolute atomic E-state index is 11.2. The van der Waals surface area contributed by atoms with E-state index in [1.165, 1.54) is 0 Å². The fourth-order valence-corrected chi connectivity index (χ4v) is 1.19. The lowest BCUT2D eigenvalue weighted by molar-refractivity contribution is 0.0460. The quantitative estimate of drug-likeness (QED) is 0.408. The molecule has 0 fully saturated rings. The summed E-state index contributed by atoms with van der Waals surface area (Å²) in [6, 6.07) is 0.236. The molecule has 0 unspecified atom stereocenters. The van der Waals surface area contributed by atoms with Crippen LogP contribution in [0.5, 0.6) is 0 Å². The number of halogens is 1. The van der Waals surface area contributed by atoms with Gasteiger partial charge in [0.15, 0.2) is 0 Å². The Bertz CT molecular complexity index is 286. The maximum Gasteiger partial charge on any atom is 0.407 e. The number of nitrogens with one attached hydrogen (secondary N) is 2. The predicted octanol–water partition coefficient (Wildman–Crippen LogP) is 2.46. The molecule has 0 aromatic carbocycles. The highest BCUT2D eigenvalue weighted by atomic mass is 35.5. The highest BCUT2D eigenvalue weighted by Gasteiger charge is 2.17. The summed E-state index contributed by atoms with van der Waals surface area (Å²) in [5.74, 6) is 5.08. The molecule has 0 spiro atoms. The molecule has 0 heterocycles. The van der Waals surface area contributed by atoms with Gasteiger partial charge in [0, 0.05) is 19.3 Å². The van der Waals surface area contributed by atoms with Crippen LogP contribution in [-0.4, -0.2) is 50.2 Å². The number of hydrogen-bond donors (Lipinski definition) is 3. The van der Waals surface area contributed by atoms with Crippen molar-refractivity contribution in [3.63, 3.8) is 0 Å². The van der Waals surface area contributed by atoms with E-state index in [2.05, 4.69) is 10.7 Å². The largest absolute Gasteiger partial charge is 0.444 e. The molecule has 10 heteroatoms. The van der Waals surface area contributed by atoms with E-state index in [1.54, 1.807) is 0 Å². The third kappa shape index (κ3) is 32.3. The molecular formula is C15H40ClN3O4S2. The van der Waals surface area contributed by atoms with Crippen LogP contribution in [0.25, 0.3) is 0 Å². The Morgan fingerprint density at radius 2 is 1.40 bits per heavy atom. The predicted molar refractivity (Wildman–Crippen MR) is 117 cm³/mol. The molecule has 0 aromatic heterocycles. The zero-order valence-electron chi connectivity index (χ0n) is 16.6. The SMILES string of the molecule is CCOC[C@H](C)NC(=O)OC(C)(C)C.CCOC[C@H](C)NN.Cl.S.S. The van der Waals surface area contributed by atoms with Crippen molar-refractivity contribution in [1.29, 1.82) is 0 Å². The molecule has 0 saturated heterocycles. The standard InChI is InChI=1S/C10H21NO3.C5H14N2O.ClH.2H2S/c1-6-13-7-8(2)11-9(12)14-10(3,4)5;1-3-8-4-5(2)7-6;;;/h8H,6-7H2,1-5H3,(H,11,12);5,7H,3-4,6H2,1-2H3;1H;2*1H2/t8-;5-;;;/m00.../s1. The van der Waals surface area contributed by atoms with E-state index in [4.69, 9.17) is 20.1 Å². The Balaban J connectivity index is -0.000000106. The Hall–Kier alpha value is 0.1000.